The number of fused-ring (bicyclic) bond motifs is 1. The van der Waals surface area contributed by atoms with E-state index >= 15 is 0 Å². The van der Waals surface area contributed by atoms with Gasteiger partial charge in [-0.15, -0.1) is 0 Å². The topological polar surface area (TPSA) is 77.2 Å². The number of pyridine rings is 1. The molecule has 1 aliphatic rings. The number of nitrogens with two attached hydrogens (primary N) is 1. The molecule has 1 aromatic carbocycles. The predicted octanol–water partition coefficient (Wildman–Crippen LogP) is 1.62. The normalized spacial score (nSPS) is 13.6. The third-order valence-electron chi connectivity index (χ3n) is 3.33. The maximum Gasteiger partial charge on any atom is 0.250 e. The van der Waals surface area contributed by atoms with Gasteiger partial charge in [-0.2, -0.15) is 0 Å². The molecule has 2 aromatic rings. The highest BCUT2D eigenvalue weighted by Gasteiger charge is 2.14. The first-order valence-electron chi connectivity index (χ1n) is 6.49. The highest BCUT2D eigenvalue weighted by Crippen LogP contribution is 2.28. The van der Waals surface area contributed by atoms with Crippen LogP contribution in [-0.2, 0) is 13.0 Å². The monoisotopic (exact) mass is 269 g/mol. The van der Waals surface area contributed by atoms with Crippen molar-refractivity contribution in [3.05, 3.63) is 53.2 Å². The molecule has 5 nitrogen and oxygen atoms in total. The summed E-state index contributed by atoms with van der Waals surface area (Å²) in [6, 6.07) is 9.27. The maximum absolute atomic E-state index is 11.0. The lowest BCUT2D eigenvalue weighted by atomic mass is 10.0. The summed E-state index contributed by atoms with van der Waals surface area (Å²) in [5.41, 5.74) is 8.02. The Kier molecular flexibility index (Phi) is 3.35. The standard InChI is InChI=1S/C15H15N3O2/c16-15(19)11-4-5-14(18-9-11)20-13-3-1-2-10-8-17-7-6-12(10)13/h1-5,9,17H,6-8H2,(H2,16,19). The Balaban J connectivity index is 1.86. The number of nitrogens with zero attached hydrogens (tertiary/aromatic N) is 1. The molecule has 2 heterocycles. The molecule has 0 radical (unpaired) electrons. The highest BCUT2D eigenvalue weighted by atomic mass is 16.5. The number of hydrogen-bond acceptors (Lipinski definition) is 4. The van der Waals surface area contributed by atoms with E-state index in [-0.39, 0.29) is 0 Å². The number of carbonyl (C=O) groups excluding carboxylic acids is 1. The Bertz CT molecular complexity index is 638. The fraction of sp³-hybridized carbons (Fsp3) is 0.200. The molecule has 0 fully saturated rings. The number of nitrogens with one attached hydrogen (secondary N) is 1. The minimum atomic E-state index is -0.493. The van der Waals surface area contributed by atoms with Gasteiger partial charge in [0.05, 0.1) is 5.56 Å². The molecule has 0 unspecified atom stereocenters. The molecule has 0 saturated carbocycles. The van der Waals surface area contributed by atoms with Gasteiger partial charge in [-0.3, -0.25) is 4.79 Å². The van der Waals surface area contributed by atoms with Gasteiger partial charge in [0, 0.05) is 24.4 Å². The van der Waals surface area contributed by atoms with Gasteiger partial charge in [0.25, 0.3) is 0 Å². The molecule has 3 rings (SSSR count). The number of aromatic nitrogens is 1. The predicted molar refractivity (Wildman–Crippen MR) is 74.7 cm³/mol. The fourth-order valence-corrected chi connectivity index (χ4v) is 2.29. The molecule has 102 valence electrons. The second-order valence-electron chi connectivity index (χ2n) is 4.67. The molecule has 5 heteroatoms. The zero-order valence-corrected chi connectivity index (χ0v) is 10.9. The third-order valence-corrected chi connectivity index (χ3v) is 3.33. The van der Waals surface area contributed by atoms with Gasteiger partial charge in [-0.1, -0.05) is 12.1 Å². The summed E-state index contributed by atoms with van der Waals surface area (Å²) < 4.78 is 5.82. The molecule has 1 amide bonds. The van der Waals surface area contributed by atoms with Crippen molar-refractivity contribution in [2.24, 2.45) is 5.73 Å². The Hall–Kier alpha value is -2.40. The zero-order valence-electron chi connectivity index (χ0n) is 10.9. The van der Waals surface area contributed by atoms with E-state index in [1.807, 2.05) is 12.1 Å². The number of carbonyl (C=O) groups is 1. The Morgan fingerprint density at radius 1 is 1.30 bits per heavy atom. The SMILES string of the molecule is NC(=O)c1ccc(Oc2cccc3c2CCNC3)nc1. The number of primary amides is 1. The van der Waals surface area contributed by atoms with Crippen LogP contribution in [0.25, 0.3) is 0 Å². The van der Waals surface area contributed by atoms with E-state index in [4.69, 9.17) is 10.5 Å². The summed E-state index contributed by atoms with van der Waals surface area (Å²) in [4.78, 5) is 15.1. The van der Waals surface area contributed by atoms with E-state index in [0.29, 0.717) is 11.4 Å². The zero-order chi connectivity index (χ0) is 13.9. The lowest BCUT2D eigenvalue weighted by Gasteiger charge is -2.19. The Morgan fingerprint density at radius 3 is 2.95 bits per heavy atom. The fourth-order valence-electron chi connectivity index (χ4n) is 2.29. The van der Waals surface area contributed by atoms with Crippen LogP contribution in [0.3, 0.4) is 0 Å². The summed E-state index contributed by atoms with van der Waals surface area (Å²) in [5, 5.41) is 3.33. The summed E-state index contributed by atoms with van der Waals surface area (Å²) in [6.07, 6.45) is 2.36. The van der Waals surface area contributed by atoms with Gasteiger partial charge in [0.2, 0.25) is 11.8 Å². The lowest BCUT2D eigenvalue weighted by Crippen LogP contribution is -2.23. The number of amides is 1. The minimum absolute atomic E-state index is 0.372. The molecule has 0 spiro atoms. The van der Waals surface area contributed by atoms with Crippen molar-refractivity contribution in [3.63, 3.8) is 0 Å². The van der Waals surface area contributed by atoms with Crippen LogP contribution in [0.15, 0.2) is 36.5 Å². The maximum atomic E-state index is 11.0. The molecular formula is C15H15N3O2. The van der Waals surface area contributed by atoms with Gasteiger partial charge < -0.3 is 15.8 Å². The average molecular weight is 269 g/mol. The van der Waals surface area contributed by atoms with E-state index in [9.17, 15) is 4.79 Å². The Labute approximate surface area is 116 Å². The smallest absolute Gasteiger partial charge is 0.250 e. The second kappa shape index (κ2) is 5.30. The van der Waals surface area contributed by atoms with E-state index in [2.05, 4.69) is 16.4 Å². The number of benzene rings is 1. The summed E-state index contributed by atoms with van der Waals surface area (Å²) in [7, 11) is 0. The van der Waals surface area contributed by atoms with E-state index < -0.39 is 5.91 Å². The highest BCUT2D eigenvalue weighted by molar-refractivity contribution is 5.92. The van der Waals surface area contributed by atoms with Crippen molar-refractivity contribution >= 4 is 5.91 Å². The van der Waals surface area contributed by atoms with Crippen LogP contribution in [-0.4, -0.2) is 17.4 Å². The van der Waals surface area contributed by atoms with Crippen LogP contribution in [0.2, 0.25) is 0 Å². The molecule has 0 bridgehead atoms. The van der Waals surface area contributed by atoms with Crippen molar-refractivity contribution in [2.45, 2.75) is 13.0 Å². The van der Waals surface area contributed by atoms with Crippen molar-refractivity contribution < 1.29 is 9.53 Å². The van der Waals surface area contributed by atoms with Gasteiger partial charge >= 0.3 is 0 Å². The minimum Gasteiger partial charge on any atom is -0.439 e. The van der Waals surface area contributed by atoms with Gasteiger partial charge in [-0.05, 0) is 30.7 Å². The molecule has 0 aliphatic carbocycles. The van der Waals surface area contributed by atoms with E-state index in [0.717, 1.165) is 25.3 Å². The molecule has 1 aliphatic heterocycles. The third kappa shape index (κ3) is 2.48. The van der Waals surface area contributed by atoms with Gasteiger partial charge in [0.15, 0.2) is 0 Å². The Morgan fingerprint density at radius 2 is 2.20 bits per heavy atom. The largest absolute Gasteiger partial charge is 0.439 e. The van der Waals surface area contributed by atoms with Gasteiger partial charge in [-0.25, -0.2) is 4.98 Å². The van der Waals surface area contributed by atoms with Crippen molar-refractivity contribution in [1.82, 2.24) is 10.3 Å². The first-order valence-corrected chi connectivity index (χ1v) is 6.49. The van der Waals surface area contributed by atoms with E-state index in [1.54, 1.807) is 12.1 Å². The van der Waals surface area contributed by atoms with Crippen molar-refractivity contribution in [1.29, 1.82) is 0 Å². The van der Waals surface area contributed by atoms with Crippen LogP contribution < -0.4 is 15.8 Å². The number of hydrogen-bond donors (Lipinski definition) is 2. The average Bonchev–Trinajstić information content (AvgIpc) is 2.48. The summed E-state index contributed by atoms with van der Waals surface area (Å²) in [5.74, 6) is 0.789. The number of rotatable bonds is 3. The van der Waals surface area contributed by atoms with Crippen LogP contribution in [0.5, 0.6) is 11.6 Å². The molecule has 3 N–H and O–H groups in total. The van der Waals surface area contributed by atoms with Crippen LogP contribution >= 0.6 is 0 Å². The first-order chi connectivity index (χ1) is 9.74. The van der Waals surface area contributed by atoms with Crippen LogP contribution in [0.4, 0.5) is 0 Å². The molecule has 20 heavy (non-hydrogen) atoms. The molecular weight excluding hydrogens is 254 g/mol. The van der Waals surface area contributed by atoms with E-state index in [1.165, 1.54) is 17.3 Å². The lowest BCUT2D eigenvalue weighted by molar-refractivity contribution is 0.1000. The van der Waals surface area contributed by atoms with Gasteiger partial charge in [0.1, 0.15) is 5.75 Å². The van der Waals surface area contributed by atoms with Crippen molar-refractivity contribution in [3.8, 4) is 11.6 Å². The molecule has 0 atom stereocenters. The summed E-state index contributed by atoms with van der Waals surface area (Å²) >= 11 is 0. The number of ether oxygens (including phenoxy) is 1. The second-order valence-corrected chi connectivity index (χ2v) is 4.67. The van der Waals surface area contributed by atoms with Crippen LogP contribution in [0, 0.1) is 0 Å². The van der Waals surface area contributed by atoms with Crippen molar-refractivity contribution in [2.75, 3.05) is 6.54 Å². The molecule has 0 saturated heterocycles. The summed E-state index contributed by atoms with van der Waals surface area (Å²) in [6.45, 7) is 1.81. The molecule has 1 aromatic heterocycles. The van der Waals surface area contributed by atoms with Crippen LogP contribution in [0.1, 0.15) is 21.5 Å². The quantitative estimate of drug-likeness (QED) is 0.887. The first kappa shape index (κ1) is 12.6.